The number of rotatable bonds is 3. The SMILES string of the molecule is ClCCC1(c2ccc3c(c2)OCO3)COC1. The Balaban J connectivity index is 1.93. The van der Waals surface area contributed by atoms with Gasteiger partial charge in [0.05, 0.1) is 13.2 Å². The van der Waals surface area contributed by atoms with Crippen LogP contribution in [0.2, 0.25) is 0 Å². The van der Waals surface area contributed by atoms with Crippen molar-refractivity contribution >= 4 is 11.6 Å². The molecule has 2 aliphatic rings. The van der Waals surface area contributed by atoms with E-state index in [-0.39, 0.29) is 5.41 Å². The maximum atomic E-state index is 5.85. The molecule has 0 amide bonds. The van der Waals surface area contributed by atoms with Crippen LogP contribution >= 0.6 is 11.6 Å². The van der Waals surface area contributed by atoms with E-state index in [0.29, 0.717) is 12.7 Å². The number of halogens is 1. The van der Waals surface area contributed by atoms with E-state index in [1.54, 1.807) is 0 Å². The first-order valence-corrected chi connectivity index (χ1v) is 5.91. The molecule has 2 aliphatic heterocycles. The summed E-state index contributed by atoms with van der Waals surface area (Å²) in [4.78, 5) is 0. The number of benzene rings is 1. The monoisotopic (exact) mass is 240 g/mol. The highest BCUT2D eigenvalue weighted by molar-refractivity contribution is 6.17. The summed E-state index contributed by atoms with van der Waals surface area (Å²) in [5.41, 5.74) is 1.33. The fraction of sp³-hybridized carbons (Fsp3) is 0.500. The lowest BCUT2D eigenvalue weighted by atomic mass is 9.76. The summed E-state index contributed by atoms with van der Waals surface area (Å²) < 4.78 is 16.0. The third kappa shape index (κ3) is 1.46. The van der Waals surface area contributed by atoms with Gasteiger partial charge in [-0.3, -0.25) is 0 Å². The molecule has 16 heavy (non-hydrogen) atoms. The molecule has 4 heteroatoms. The molecule has 0 N–H and O–H groups in total. The molecule has 0 atom stereocenters. The van der Waals surface area contributed by atoms with Gasteiger partial charge in [-0.15, -0.1) is 11.6 Å². The van der Waals surface area contributed by atoms with E-state index >= 15 is 0 Å². The van der Waals surface area contributed by atoms with Gasteiger partial charge in [0, 0.05) is 11.3 Å². The van der Waals surface area contributed by atoms with E-state index in [1.807, 2.05) is 6.07 Å². The van der Waals surface area contributed by atoms with Crippen molar-refractivity contribution in [1.29, 1.82) is 0 Å². The van der Waals surface area contributed by atoms with Crippen LogP contribution in [0.1, 0.15) is 12.0 Å². The molecule has 1 saturated heterocycles. The molecular weight excluding hydrogens is 228 g/mol. The largest absolute Gasteiger partial charge is 0.454 e. The molecule has 1 fully saturated rings. The van der Waals surface area contributed by atoms with Crippen LogP contribution < -0.4 is 9.47 Å². The maximum absolute atomic E-state index is 5.85. The Hall–Kier alpha value is -0.930. The smallest absolute Gasteiger partial charge is 0.231 e. The lowest BCUT2D eigenvalue weighted by Crippen LogP contribution is -2.47. The molecule has 0 spiro atoms. The number of ether oxygens (including phenoxy) is 3. The van der Waals surface area contributed by atoms with Crippen LogP contribution in [0, 0.1) is 0 Å². The second-order valence-corrected chi connectivity index (χ2v) is 4.66. The quantitative estimate of drug-likeness (QED) is 0.759. The molecular formula is C12H13ClO3. The highest BCUT2D eigenvalue weighted by Gasteiger charge is 2.40. The number of fused-ring (bicyclic) bond motifs is 1. The van der Waals surface area contributed by atoms with Gasteiger partial charge in [0.2, 0.25) is 6.79 Å². The molecule has 1 aromatic carbocycles. The second kappa shape index (κ2) is 3.82. The Kier molecular flexibility index (Phi) is 2.45. The summed E-state index contributed by atoms with van der Waals surface area (Å²) in [7, 11) is 0. The maximum Gasteiger partial charge on any atom is 0.231 e. The van der Waals surface area contributed by atoms with Crippen molar-refractivity contribution in [3.63, 3.8) is 0 Å². The lowest BCUT2D eigenvalue weighted by Gasteiger charge is -2.41. The summed E-state index contributed by atoms with van der Waals surface area (Å²) in [6, 6.07) is 6.10. The first-order chi connectivity index (χ1) is 7.84. The fourth-order valence-corrected chi connectivity index (χ4v) is 2.57. The van der Waals surface area contributed by atoms with E-state index in [1.165, 1.54) is 5.56 Å². The van der Waals surface area contributed by atoms with Crippen molar-refractivity contribution in [2.24, 2.45) is 0 Å². The third-order valence-electron chi connectivity index (χ3n) is 3.31. The number of hydrogen-bond donors (Lipinski definition) is 0. The predicted octanol–water partition coefficient (Wildman–Crippen LogP) is 2.31. The summed E-state index contributed by atoms with van der Waals surface area (Å²) in [5.74, 6) is 2.31. The minimum absolute atomic E-state index is 0.0860. The van der Waals surface area contributed by atoms with Gasteiger partial charge in [-0.25, -0.2) is 0 Å². The molecule has 3 rings (SSSR count). The van der Waals surface area contributed by atoms with Crippen LogP contribution in [0.25, 0.3) is 0 Å². The van der Waals surface area contributed by atoms with Gasteiger partial charge in [-0.1, -0.05) is 6.07 Å². The Morgan fingerprint density at radius 1 is 1.19 bits per heavy atom. The molecule has 0 bridgehead atoms. The van der Waals surface area contributed by atoms with Gasteiger partial charge < -0.3 is 14.2 Å². The van der Waals surface area contributed by atoms with Crippen molar-refractivity contribution < 1.29 is 14.2 Å². The summed E-state index contributed by atoms with van der Waals surface area (Å²) in [5, 5.41) is 0. The molecule has 0 unspecified atom stereocenters. The van der Waals surface area contributed by atoms with E-state index in [0.717, 1.165) is 31.1 Å². The Morgan fingerprint density at radius 2 is 2.00 bits per heavy atom. The molecule has 3 nitrogen and oxygen atoms in total. The van der Waals surface area contributed by atoms with Crippen LogP contribution in [-0.4, -0.2) is 25.9 Å². The van der Waals surface area contributed by atoms with Gasteiger partial charge in [0.15, 0.2) is 11.5 Å². The average Bonchev–Trinajstić information content (AvgIpc) is 2.70. The van der Waals surface area contributed by atoms with E-state index < -0.39 is 0 Å². The molecule has 0 aromatic heterocycles. The summed E-state index contributed by atoms with van der Waals surface area (Å²) in [6.45, 7) is 1.82. The van der Waals surface area contributed by atoms with Crippen molar-refractivity contribution in [3.8, 4) is 11.5 Å². The van der Waals surface area contributed by atoms with E-state index in [9.17, 15) is 0 Å². The van der Waals surface area contributed by atoms with Crippen molar-refractivity contribution in [3.05, 3.63) is 23.8 Å². The van der Waals surface area contributed by atoms with Crippen LogP contribution in [0.3, 0.4) is 0 Å². The number of hydrogen-bond acceptors (Lipinski definition) is 3. The van der Waals surface area contributed by atoms with Gasteiger partial charge in [-0.2, -0.15) is 0 Å². The zero-order valence-electron chi connectivity index (χ0n) is 8.87. The van der Waals surface area contributed by atoms with Crippen LogP contribution in [0.5, 0.6) is 11.5 Å². The standard InChI is InChI=1S/C12H13ClO3/c13-4-3-12(6-14-7-12)9-1-2-10-11(5-9)16-8-15-10/h1-2,5H,3-4,6-8H2. The normalized spacial score (nSPS) is 20.6. The van der Waals surface area contributed by atoms with Crippen LogP contribution in [0.15, 0.2) is 18.2 Å². The van der Waals surface area contributed by atoms with Crippen LogP contribution in [-0.2, 0) is 10.2 Å². The van der Waals surface area contributed by atoms with E-state index in [4.69, 9.17) is 25.8 Å². The van der Waals surface area contributed by atoms with Gasteiger partial charge in [-0.05, 0) is 24.1 Å². The second-order valence-electron chi connectivity index (χ2n) is 4.28. The molecule has 0 aliphatic carbocycles. The first-order valence-electron chi connectivity index (χ1n) is 5.38. The average molecular weight is 241 g/mol. The Labute approximate surface area is 99.3 Å². The van der Waals surface area contributed by atoms with Crippen molar-refractivity contribution in [2.75, 3.05) is 25.9 Å². The summed E-state index contributed by atoms with van der Waals surface area (Å²) >= 11 is 5.85. The summed E-state index contributed by atoms with van der Waals surface area (Å²) in [6.07, 6.45) is 0.939. The molecule has 1 aromatic rings. The number of alkyl halides is 1. The highest BCUT2D eigenvalue weighted by Crippen LogP contribution is 2.41. The molecule has 0 saturated carbocycles. The molecule has 0 radical (unpaired) electrons. The Bertz CT molecular complexity index is 401. The van der Waals surface area contributed by atoms with Crippen molar-refractivity contribution in [2.45, 2.75) is 11.8 Å². The minimum atomic E-state index is 0.0860. The minimum Gasteiger partial charge on any atom is -0.454 e. The zero-order valence-corrected chi connectivity index (χ0v) is 9.63. The zero-order chi connectivity index (χ0) is 11.0. The third-order valence-corrected chi connectivity index (χ3v) is 3.50. The van der Waals surface area contributed by atoms with Gasteiger partial charge in [0.25, 0.3) is 0 Å². The van der Waals surface area contributed by atoms with Gasteiger partial charge >= 0.3 is 0 Å². The molecule has 2 heterocycles. The topological polar surface area (TPSA) is 27.7 Å². The molecule has 86 valence electrons. The Morgan fingerprint density at radius 3 is 2.69 bits per heavy atom. The lowest BCUT2D eigenvalue weighted by molar-refractivity contribution is -0.0616. The fourth-order valence-electron chi connectivity index (χ4n) is 2.21. The predicted molar refractivity (Wildman–Crippen MR) is 60.4 cm³/mol. The highest BCUT2D eigenvalue weighted by atomic mass is 35.5. The van der Waals surface area contributed by atoms with Gasteiger partial charge in [0.1, 0.15) is 0 Å². The van der Waals surface area contributed by atoms with E-state index in [2.05, 4.69) is 12.1 Å². The van der Waals surface area contributed by atoms with Crippen LogP contribution in [0.4, 0.5) is 0 Å². The van der Waals surface area contributed by atoms with Crippen molar-refractivity contribution in [1.82, 2.24) is 0 Å². The first kappa shape index (κ1) is 10.2.